The quantitative estimate of drug-likeness (QED) is 0.480. The first-order chi connectivity index (χ1) is 8.69. The summed E-state index contributed by atoms with van der Waals surface area (Å²) in [4.78, 5) is 0. The summed E-state index contributed by atoms with van der Waals surface area (Å²) in [6, 6.07) is 7.92. The molecule has 1 aromatic carbocycles. The zero-order valence-corrected chi connectivity index (χ0v) is 14.4. The third-order valence-corrected chi connectivity index (χ3v) is 8.71. The number of hydrogen-bond acceptors (Lipinski definition) is 1. The zero-order valence-electron chi connectivity index (χ0n) is 12.7. The zero-order chi connectivity index (χ0) is 14.7. The summed E-state index contributed by atoms with van der Waals surface area (Å²) >= 11 is 6.30. The lowest BCUT2D eigenvalue weighted by atomic mass is 10.1. The molecular weight excluding hydrogens is 272 g/mol. The molecule has 1 nitrogen and oxygen atoms in total. The van der Waals surface area contributed by atoms with Crippen molar-refractivity contribution >= 4 is 19.9 Å². The lowest BCUT2D eigenvalue weighted by Crippen LogP contribution is -2.41. The molecule has 0 saturated carbocycles. The molecule has 106 valence electrons. The average molecular weight is 297 g/mol. The average Bonchev–Trinajstić information content (AvgIpc) is 2.27. The predicted molar refractivity (Wildman–Crippen MR) is 87.3 cm³/mol. The first-order valence-corrected chi connectivity index (χ1v) is 10.0. The monoisotopic (exact) mass is 296 g/mol. The second-order valence-electron chi connectivity index (χ2n) is 6.41. The number of hydrogen-bond donors (Lipinski definition) is 0. The first-order valence-electron chi connectivity index (χ1n) is 6.72. The molecule has 0 aliphatic rings. The van der Waals surface area contributed by atoms with Gasteiger partial charge in [0.05, 0.1) is 6.10 Å². The Morgan fingerprint density at radius 1 is 1.32 bits per heavy atom. The van der Waals surface area contributed by atoms with E-state index in [-0.39, 0.29) is 11.1 Å². The lowest BCUT2D eigenvalue weighted by molar-refractivity contribution is 0.187. The Bertz CT molecular complexity index is 435. The van der Waals surface area contributed by atoms with Crippen molar-refractivity contribution in [1.82, 2.24) is 0 Å². The van der Waals surface area contributed by atoms with Gasteiger partial charge in [-0.15, -0.1) is 6.58 Å². The summed E-state index contributed by atoms with van der Waals surface area (Å²) in [5.74, 6) is 0. The van der Waals surface area contributed by atoms with Gasteiger partial charge < -0.3 is 4.43 Å². The summed E-state index contributed by atoms with van der Waals surface area (Å²) in [7, 11) is -1.82. The number of benzene rings is 1. The van der Waals surface area contributed by atoms with Crippen molar-refractivity contribution in [3.63, 3.8) is 0 Å². The SMILES string of the molecule is C=CC[C@H](O[Si](C)(C)C(C)(C)C)c1ccccc1Cl. The molecule has 0 spiro atoms. The number of rotatable bonds is 5. The topological polar surface area (TPSA) is 9.23 Å². The molecule has 3 heteroatoms. The van der Waals surface area contributed by atoms with E-state index in [1.54, 1.807) is 0 Å². The maximum atomic E-state index is 6.49. The van der Waals surface area contributed by atoms with Crippen LogP contribution in [0.2, 0.25) is 23.2 Å². The van der Waals surface area contributed by atoms with Crippen molar-refractivity contribution < 1.29 is 4.43 Å². The molecule has 0 bridgehead atoms. The van der Waals surface area contributed by atoms with Crippen LogP contribution in [-0.2, 0) is 4.43 Å². The minimum Gasteiger partial charge on any atom is -0.410 e. The van der Waals surface area contributed by atoms with E-state index in [0.29, 0.717) is 0 Å². The van der Waals surface area contributed by atoms with Gasteiger partial charge in [0, 0.05) is 5.02 Å². The van der Waals surface area contributed by atoms with Crippen molar-refractivity contribution in [1.29, 1.82) is 0 Å². The van der Waals surface area contributed by atoms with Gasteiger partial charge >= 0.3 is 0 Å². The normalized spacial score (nSPS) is 14.2. The molecule has 1 atom stereocenters. The molecule has 0 aromatic heterocycles. The summed E-state index contributed by atoms with van der Waals surface area (Å²) in [5.41, 5.74) is 1.06. The van der Waals surface area contributed by atoms with Crippen LogP contribution in [-0.4, -0.2) is 8.32 Å². The Balaban J connectivity index is 3.04. The van der Waals surface area contributed by atoms with Crippen molar-refractivity contribution in [2.75, 3.05) is 0 Å². The van der Waals surface area contributed by atoms with Gasteiger partial charge in [-0.05, 0) is 36.2 Å². The summed E-state index contributed by atoms with van der Waals surface area (Å²) < 4.78 is 6.49. The van der Waals surface area contributed by atoms with Gasteiger partial charge in [0.1, 0.15) is 0 Å². The highest BCUT2D eigenvalue weighted by Crippen LogP contribution is 2.41. The molecule has 0 aliphatic carbocycles. The van der Waals surface area contributed by atoms with E-state index < -0.39 is 8.32 Å². The fourth-order valence-electron chi connectivity index (χ4n) is 1.66. The molecule has 0 fully saturated rings. The molecular formula is C16H25ClOSi. The molecule has 0 radical (unpaired) electrons. The third-order valence-electron chi connectivity index (χ3n) is 3.88. The van der Waals surface area contributed by atoms with Crippen LogP contribution in [0.3, 0.4) is 0 Å². The van der Waals surface area contributed by atoms with Crippen molar-refractivity contribution in [2.45, 2.75) is 51.4 Å². The van der Waals surface area contributed by atoms with Crippen LogP contribution >= 0.6 is 11.6 Å². The van der Waals surface area contributed by atoms with Gasteiger partial charge in [-0.25, -0.2) is 0 Å². The summed E-state index contributed by atoms with van der Waals surface area (Å²) in [6.45, 7) is 15.1. The minimum absolute atomic E-state index is 0.00657. The van der Waals surface area contributed by atoms with E-state index in [4.69, 9.17) is 16.0 Å². The van der Waals surface area contributed by atoms with Crippen LogP contribution in [0, 0.1) is 0 Å². The molecule has 0 amide bonds. The van der Waals surface area contributed by atoms with Gasteiger partial charge in [0.15, 0.2) is 8.32 Å². The molecule has 0 saturated heterocycles. The lowest BCUT2D eigenvalue weighted by Gasteiger charge is -2.39. The highest BCUT2D eigenvalue weighted by molar-refractivity contribution is 6.74. The second kappa shape index (κ2) is 6.25. The maximum Gasteiger partial charge on any atom is 0.192 e. The van der Waals surface area contributed by atoms with E-state index in [9.17, 15) is 0 Å². The van der Waals surface area contributed by atoms with E-state index >= 15 is 0 Å². The Morgan fingerprint density at radius 3 is 2.37 bits per heavy atom. The highest BCUT2D eigenvalue weighted by Gasteiger charge is 2.39. The van der Waals surface area contributed by atoms with Gasteiger partial charge in [-0.3, -0.25) is 0 Å². The Labute approximate surface area is 123 Å². The maximum absolute atomic E-state index is 6.49. The largest absolute Gasteiger partial charge is 0.410 e. The standard InChI is InChI=1S/C16H25ClOSi/c1-7-10-15(13-11-8-9-12-14(13)17)18-19(5,6)16(2,3)4/h7-9,11-12,15H,1,10H2,2-6H3/t15-/m0/s1. The van der Waals surface area contributed by atoms with Crippen molar-refractivity contribution in [3.8, 4) is 0 Å². The van der Waals surface area contributed by atoms with Crippen LogP contribution in [0.1, 0.15) is 38.9 Å². The molecule has 1 aromatic rings. The minimum atomic E-state index is -1.82. The third kappa shape index (κ3) is 4.20. The molecule has 19 heavy (non-hydrogen) atoms. The summed E-state index contributed by atoms with van der Waals surface area (Å²) in [5, 5.41) is 0.960. The van der Waals surface area contributed by atoms with E-state index in [1.165, 1.54) is 0 Å². The Hall–Kier alpha value is -0.573. The predicted octanol–water partition coefficient (Wildman–Crippen LogP) is 5.98. The van der Waals surface area contributed by atoms with Gasteiger partial charge in [0.25, 0.3) is 0 Å². The van der Waals surface area contributed by atoms with Gasteiger partial charge in [-0.2, -0.15) is 0 Å². The first kappa shape index (κ1) is 16.5. The second-order valence-corrected chi connectivity index (χ2v) is 11.6. The smallest absolute Gasteiger partial charge is 0.192 e. The number of halogens is 1. The molecule has 0 unspecified atom stereocenters. The molecule has 0 aliphatic heterocycles. The van der Waals surface area contributed by atoms with Crippen LogP contribution < -0.4 is 0 Å². The summed E-state index contributed by atoms with van der Waals surface area (Å²) in [6.07, 6.45) is 2.70. The van der Waals surface area contributed by atoms with Crippen LogP contribution in [0.5, 0.6) is 0 Å². The van der Waals surface area contributed by atoms with Crippen LogP contribution in [0.15, 0.2) is 36.9 Å². The fraction of sp³-hybridized carbons (Fsp3) is 0.500. The fourth-order valence-corrected chi connectivity index (χ4v) is 3.20. The van der Waals surface area contributed by atoms with Gasteiger partial charge in [-0.1, -0.05) is 56.6 Å². The van der Waals surface area contributed by atoms with Crippen molar-refractivity contribution in [3.05, 3.63) is 47.5 Å². The Kier molecular flexibility index (Phi) is 5.42. The molecule has 0 N–H and O–H groups in total. The van der Waals surface area contributed by atoms with Crippen molar-refractivity contribution in [2.24, 2.45) is 0 Å². The van der Waals surface area contributed by atoms with E-state index in [2.05, 4.69) is 40.4 Å². The van der Waals surface area contributed by atoms with Crippen LogP contribution in [0.25, 0.3) is 0 Å². The van der Waals surface area contributed by atoms with E-state index in [0.717, 1.165) is 17.0 Å². The Morgan fingerprint density at radius 2 is 1.89 bits per heavy atom. The van der Waals surface area contributed by atoms with Gasteiger partial charge in [0.2, 0.25) is 0 Å². The highest BCUT2D eigenvalue weighted by atomic mass is 35.5. The molecule has 1 rings (SSSR count). The molecule has 0 heterocycles. The van der Waals surface area contributed by atoms with E-state index in [1.807, 2.05) is 30.3 Å². The van der Waals surface area contributed by atoms with Crippen LogP contribution in [0.4, 0.5) is 0 Å².